The van der Waals surface area contributed by atoms with Crippen LogP contribution in [0.2, 0.25) is 0 Å². The maximum absolute atomic E-state index is 13.2. The first-order valence-corrected chi connectivity index (χ1v) is 4.67. The van der Waals surface area contributed by atoms with Crippen LogP contribution in [0.5, 0.6) is 0 Å². The Morgan fingerprint density at radius 2 is 2.00 bits per heavy atom. The van der Waals surface area contributed by atoms with Crippen LogP contribution in [0.4, 0.5) is 4.48 Å². The molecule has 1 aromatic rings. The minimum atomic E-state index is 0.340. The van der Waals surface area contributed by atoms with Gasteiger partial charge in [-0.3, -0.25) is 10.9 Å². The minimum absolute atomic E-state index is 0.340. The van der Waals surface area contributed by atoms with Gasteiger partial charge in [-0.25, -0.2) is 0 Å². The topological polar surface area (TPSA) is 27.3 Å². The fourth-order valence-corrected chi connectivity index (χ4v) is 1.16. The summed E-state index contributed by atoms with van der Waals surface area (Å²) in [5.41, 5.74) is 6.56. The number of benzene rings is 1. The van der Waals surface area contributed by atoms with E-state index in [1.165, 1.54) is 0 Å². The van der Waals surface area contributed by atoms with Crippen molar-refractivity contribution >= 4 is 0 Å². The monoisotopic (exact) mass is 197 g/mol. The molecule has 0 aliphatic heterocycles. The lowest BCUT2D eigenvalue weighted by Gasteiger charge is -2.11. The molecule has 14 heavy (non-hydrogen) atoms. The number of halogens is 1. The van der Waals surface area contributed by atoms with Gasteiger partial charge in [0, 0.05) is 13.1 Å². The van der Waals surface area contributed by atoms with Crippen molar-refractivity contribution in [3.63, 3.8) is 0 Å². The summed E-state index contributed by atoms with van der Waals surface area (Å²) < 4.78 is 13.2. The van der Waals surface area contributed by atoms with E-state index in [-0.39, 0.29) is 0 Å². The van der Waals surface area contributed by atoms with Crippen molar-refractivity contribution in [1.29, 1.82) is 0 Å². The van der Waals surface area contributed by atoms with E-state index >= 15 is 0 Å². The molecule has 0 saturated carbocycles. The second kappa shape index (κ2) is 6.48. The predicted octanol–water partition coefficient (Wildman–Crippen LogP) is 1.10. The van der Waals surface area contributed by atoms with Crippen LogP contribution in [0, 0.1) is 0 Å². The standard InChI is InChI=1S/C10H16FN3/c1-12-13-7-8-14(11)9-10-5-3-2-4-6-10/h2-6,12-13H,7-9H2,1H3. The molecule has 0 saturated heterocycles. The molecule has 0 spiro atoms. The van der Waals surface area contributed by atoms with Crippen molar-refractivity contribution in [2.24, 2.45) is 0 Å². The SMILES string of the molecule is CNNCCN(F)Cc1ccccc1. The smallest absolute Gasteiger partial charge is 0.0541 e. The van der Waals surface area contributed by atoms with Gasteiger partial charge < -0.3 is 0 Å². The zero-order valence-corrected chi connectivity index (χ0v) is 8.33. The summed E-state index contributed by atoms with van der Waals surface area (Å²) in [6, 6.07) is 9.58. The normalized spacial score (nSPS) is 10.8. The molecule has 0 fully saturated rings. The van der Waals surface area contributed by atoms with E-state index in [4.69, 9.17) is 0 Å². The minimum Gasteiger partial charge on any atom is -0.261 e. The van der Waals surface area contributed by atoms with Crippen LogP contribution < -0.4 is 10.9 Å². The summed E-state index contributed by atoms with van der Waals surface area (Å²) in [5, 5.41) is 0.791. The Morgan fingerprint density at radius 3 is 2.64 bits per heavy atom. The average Bonchev–Trinajstić information content (AvgIpc) is 2.20. The van der Waals surface area contributed by atoms with Crippen LogP contribution in [0.1, 0.15) is 5.56 Å². The van der Waals surface area contributed by atoms with Crippen molar-refractivity contribution < 1.29 is 4.48 Å². The van der Waals surface area contributed by atoms with Gasteiger partial charge in [0.15, 0.2) is 0 Å². The molecule has 1 aromatic carbocycles. The van der Waals surface area contributed by atoms with E-state index in [0.29, 0.717) is 19.6 Å². The molecule has 0 unspecified atom stereocenters. The van der Waals surface area contributed by atoms with Gasteiger partial charge in [0.05, 0.1) is 6.54 Å². The Kier molecular flexibility index (Phi) is 5.14. The van der Waals surface area contributed by atoms with Crippen molar-refractivity contribution in [3.8, 4) is 0 Å². The molecule has 1 rings (SSSR count). The molecule has 2 N–H and O–H groups in total. The predicted molar refractivity (Wildman–Crippen MR) is 55.0 cm³/mol. The first kappa shape index (κ1) is 11.1. The zero-order valence-electron chi connectivity index (χ0n) is 8.33. The van der Waals surface area contributed by atoms with Gasteiger partial charge in [-0.1, -0.05) is 30.3 Å². The molecule has 0 heterocycles. The number of hydrazine groups is 1. The van der Waals surface area contributed by atoms with Gasteiger partial charge in [-0.05, 0) is 12.6 Å². The molecule has 78 valence electrons. The molecule has 0 aliphatic rings. The van der Waals surface area contributed by atoms with Crippen molar-refractivity contribution in [3.05, 3.63) is 35.9 Å². The number of nitrogens with zero attached hydrogens (tertiary/aromatic N) is 1. The molecule has 0 aliphatic carbocycles. The molecular formula is C10H16FN3. The first-order chi connectivity index (χ1) is 6.83. The second-order valence-corrected chi connectivity index (χ2v) is 3.01. The van der Waals surface area contributed by atoms with Gasteiger partial charge in [0.25, 0.3) is 0 Å². The molecule has 0 aromatic heterocycles. The second-order valence-electron chi connectivity index (χ2n) is 3.01. The molecule has 0 amide bonds. The summed E-state index contributed by atoms with van der Waals surface area (Å²) in [6.07, 6.45) is 0. The summed E-state index contributed by atoms with van der Waals surface area (Å²) in [4.78, 5) is 0. The first-order valence-electron chi connectivity index (χ1n) is 4.67. The highest BCUT2D eigenvalue weighted by atomic mass is 19.2. The third kappa shape index (κ3) is 4.32. The third-order valence-electron chi connectivity index (χ3n) is 1.85. The molecule has 0 bridgehead atoms. The fourth-order valence-electron chi connectivity index (χ4n) is 1.16. The lowest BCUT2D eigenvalue weighted by Crippen LogP contribution is -2.34. The van der Waals surface area contributed by atoms with Crippen molar-refractivity contribution in [1.82, 2.24) is 16.0 Å². The van der Waals surface area contributed by atoms with E-state index in [9.17, 15) is 4.48 Å². The summed E-state index contributed by atoms with van der Waals surface area (Å²) in [7, 11) is 1.76. The fraction of sp³-hybridized carbons (Fsp3) is 0.400. The molecule has 4 heteroatoms. The van der Waals surface area contributed by atoms with Gasteiger partial charge >= 0.3 is 0 Å². The van der Waals surface area contributed by atoms with Gasteiger partial charge in [-0.15, -0.1) is 9.60 Å². The van der Waals surface area contributed by atoms with Gasteiger partial charge in [0.1, 0.15) is 0 Å². The molecule has 3 nitrogen and oxygen atoms in total. The summed E-state index contributed by atoms with van der Waals surface area (Å²) >= 11 is 0. The maximum Gasteiger partial charge on any atom is 0.0541 e. The summed E-state index contributed by atoms with van der Waals surface area (Å²) in [6.45, 7) is 1.29. The van der Waals surface area contributed by atoms with Crippen molar-refractivity contribution in [2.45, 2.75) is 6.54 Å². The number of nitrogens with one attached hydrogen (secondary N) is 2. The lowest BCUT2D eigenvalue weighted by molar-refractivity contribution is 0.0166. The largest absolute Gasteiger partial charge is 0.261 e. The van der Waals surface area contributed by atoms with Crippen LogP contribution in [-0.2, 0) is 6.54 Å². The van der Waals surface area contributed by atoms with Crippen molar-refractivity contribution in [2.75, 3.05) is 20.1 Å². The highest BCUT2D eigenvalue weighted by molar-refractivity contribution is 5.13. The van der Waals surface area contributed by atoms with Gasteiger partial charge in [-0.2, -0.15) is 0 Å². The number of hydrogen-bond donors (Lipinski definition) is 2. The maximum atomic E-state index is 13.2. The molecule has 0 atom stereocenters. The van der Waals surface area contributed by atoms with E-state index in [1.54, 1.807) is 7.05 Å². The van der Waals surface area contributed by atoms with Crippen LogP contribution in [0.15, 0.2) is 30.3 Å². The van der Waals surface area contributed by atoms with Crippen LogP contribution in [-0.4, -0.2) is 25.3 Å². The van der Waals surface area contributed by atoms with Crippen LogP contribution in [0.3, 0.4) is 0 Å². The highest BCUT2D eigenvalue weighted by Crippen LogP contribution is 2.03. The summed E-state index contributed by atoms with van der Waals surface area (Å²) in [5.74, 6) is 0. The van der Waals surface area contributed by atoms with Crippen LogP contribution >= 0.6 is 0 Å². The zero-order chi connectivity index (χ0) is 10.2. The Hall–Kier alpha value is -0.970. The Labute approximate surface area is 83.8 Å². The van der Waals surface area contributed by atoms with Crippen LogP contribution in [0.25, 0.3) is 0 Å². The highest BCUT2D eigenvalue weighted by Gasteiger charge is 2.02. The molecule has 0 radical (unpaired) electrons. The van der Waals surface area contributed by atoms with E-state index < -0.39 is 0 Å². The quantitative estimate of drug-likeness (QED) is 0.406. The average molecular weight is 197 g/mol. The van der Waals surface area contributed by atoms with E-state index in [2.05, 4.69) is 10.9 Å². The van der Waals surface area contributed by atoms with Gasteiger partial charge in [0.2, 0.25) is 0 Å². The van der Waals surface area contributed by atoms with E-state index in [0.717, 1.165) is 10.7 Å². The third-order valence-corrected chi connectivity index (χ3v) is 1.85. The molecular weight excluding hydrogens is 181 g/mol. The Morgan fingerprint density at radius 1 is 1.29 bits per heavy atom. The Bertz CT molecular complexity index is 240. The lowest BCUT2D eigenvalue weighted by atomic mass is 10.2. The Balaban J connectivity index is 2.23. The van der Waals surface area contributed by atoms with E-state index in [1.807, 2.05) is 30.3 Å². The number of hydrogen-bond acceptors (Lipinski definition) is 3. The number of rotatable bonds is 6.